The second kappa shape index (κ2) is 10.8. The molecule has 2 N–H and O–H groups in total. The highest BCUT2D eigenvalue weighted by molar-refractivity contribution is 9.10. The van der Waals surface area contributed by atoms with E-state index in [1.165, 1.54) is 0 Å². The number of benzene rings is 3. The minimum Gasteiger partial charge on any atom is -0.492 e. The predicted octanol–water partition coefficient (Wildman–Crippen LogP) is 6.44. The van der Waals surface area contributed by atoms with Gasteiger partial charge in [-0.25, -0.2) is 0 Å². The van der Waals surface area contributed by atoms with Crippen LogP contribution < -0.4 is 15.4 Å². The molecule has 0 saturated carbocycles. The molecule has 31 heavy (non-hydrogen) atoms. The molecular weight excluding hydrogens is 456 g/mol. The molecule has 3 rings (SSSR count). The summed E-state index contributed by atoms with van der Waals surface area (Å²) in [5, 5.41) is 5.74. The number of nitrogens with one attached hydrogen (secondary N) is 2. The van der Waals surface area contributed by atoms with Crippen molar-refractivity contribution in [1.82, 2.24) is 0 Å². The molecule has 0 bridgehead atoms. The normalized spacial score (nSPS) is 10.4. The molecule has 0 heterocycles. The smallest absolute Gasteiger partial charge is 0.255 e. The van der Waals surface area contributed by atoms with Gasteiger partial charge in [-0.1, -0.05) is 31.5 Å². The lowest BCUT2D eigenvalue weighted by molar-refractivity contribution is 0.101. The topological polar surface area (TPSA) is 67.4 Å². The fourth-order valence-electron chi connectivity index (χ4n) is 2.95. The molecule has 0 unspecified atom stereocenters. The van der Waals surface area contributed by atoms with Gasteiger partial charge >= 0.3 is 0 Å². The van der Waals surface area contributed by atoms with Gasteiger partial charge in [0.15, 0.2) is 0 Å². The lowest BCUT2D eigenvalue weighted by Crippen LogP contribution is -2.14. The zero-order valence-corrected chi connectivity index (χ0v) is 19.2. The Morgan fingerprint density at radius 2 is 1.55 bits per heavy atom. The summed E-state index contributed by atoms with van der Waals surface area (Å²) in [5.74, 6) is 0.331. The molecule has 2 amide bonds. The van der Waals surface area contributed by atoms with E-state index in [1.807, 2.05) is 25.1 Å². The van der Waals surface area contributed by atoms with E-state index in [0.717, 1.165) is 28.6 Å². The van der Waals surface area contributed by atoms with Gasteiger partial charge in [-0.3, -0.25) is 9.59 Å². The quantitative estimate of drug-likeness (QED) is 0.364. The summed E-state index contributed by atoms with van der Waals surface area (Å²) in [6.07, 6.45) is 2.04. The number of carbonyl (C=O) groups is 2. The Balaban J connectivity index is 1.60. The van der Waals surface area contributed by atoms with Gasteiger partial charge in [0, 0.05) is 22.5 Å². The fraction of sp³-hybridized carbons (Fsp3) is 0.200. The third-order valence-electron chi connectivity index (χ3n) is 4.74. The van der Waals surface area contributed by atoms with E-state index in [4.69, 9.17) is 4.74 Å². The minimum absolute atomic E-state index is 0.166. The van der Waals surface area contributed by atoms with Crippen LogP contribution in [0, 0.1) is 6.92 Å². The molecule has 0 aliphatic carbocycles. The first kappa shape index (κ1) is 22.6. The average molecular weight is 481 g/mol. The van der Waals surface area contributed by atoms with E-state index in [0.29, 0.717) is 29.1 Å². The van der Waals surface area contributed by atoms with Crippen LogP contribution in [0.25, 0.3) is 0 Å². The Bertz CT molecular complexity index is 1060. The first-order valence-electron chi connectivity index (χ1n) is 10.2. The van der Waals surface area contributed by atoms with Crippen LogP contribution in [-0.4, -0.2) is 18.4 Å². The molecule has 3 aromatic rings. The van der Waals surface area contributed by atoms with Crippen molar-refractivity contribution < 1.29 is 14.3 Å². The molecule has 160 valence electrons. The maximum atomic E-state index is 12.6. The molecular formula is C25H25BrN2O3. The zero-order valence-electron chi connectivity index (χ0n) is 17.6. The summed E-state index contributed by atoms with van der Waals surface area (Å²) in [7, 11) is 0. The van der Waals surface area contributed by atoms with Crippen LogP contribution in [0.2, 0.25) is 0 Å². The molecule has 0 atom stereocenters. The van der Waals surface area contributed by atoms with Crippen molar-refractivity contribution >= 4 is 39.1 Å². The van der Waals surface area contributed by atoms with Crippen LogP contribution in [0.1, 0.15) is 46.0 Å². The Labute approximate surface area is 191 Å². The van der Waals surface area contributed by atoms with Gasteiger partial charge in [0.25, 0.3) is 11.8 Å². The second-order valence-corrected chi connectivity index (χ2v) is 8.00. The van der Waals surface area contributed by atoms with Crippen molar-refractivity contribution in [2.45, 2.75) is 26.7 Å². The van der Waals surface area contributed by atoms with Crippen molar-refractivity contribution in [3.8, 4) is 5.75 Å². The highest BCUT2D eigenvalue weighted by Gasteiger charge is 2.11. The summed E-state index contributed by atoms with van der Waals surface area (Å²) in [4.78, 5) is 25.0. The summed E-state index contributed by atoms with van der Waals surface area (Å²) < 4.78 is 6.44. The Hall–Kier alpha value is -3.12. The van der Waals surface area contributed by atoms with Gasteiger partial charge < -0.3 is 15.4 Å². The summed E-state index contributed by atoms with van der Waals surface area (Å²) in [5.41, 5.74) is 3.36. The molecule has 0 aliphatic heterocycles. The van der Waals surface area contributed by atoms with Gasteiger partial charge in [-0.2, -0.15) is 0 Å². The van der Waals surface area contributed by atoms with Crippen molar-refractivity contribution in [1.29, 1.82) is 0 Å². The second-order valence-electron chi connectivity index (χ2n) is 7.15. The van der Waals surface area contributed by atoms with Crippen molar-refractivity contribution in [3.05, 3.63) is 87.9 Å². The van der Waals surface area contributed by atoms with Gasteiger partial charge in [0.05, 0.1) is 11.1 Å². The van der Waals surface area contributed by atoms with Crippen LogP contribution in [0.3, 0.4) is 0 Å². The fourth-order valence-corrected chi connectivity index (χ4v) is 3.45. The van der Waals surface area contributed by atoms with Crippen molar-refractivity contribution in [3.63, 3.8) is 0 Å². The van der Waals surface area contributed by atoms with Gasteiger partial charge in [0.2, 0.25) is 0 Å². The molecule has 3 aromatic carbocycles. The molecule has 0 fully saturated rings. The number of halogens is 1. The van der Waals surface area contributed by atoms with Crippen LogP contribution in [-0.2, 0) is 0 Å². The number of anilines is 2. The van der Waals surface area contributed by atoms with Gasteiger partial charge in [0.1, 0.15) is 5.75 Å². The number of hydrogen-bond acceptors (Lipinski definition) is 3. The predicted molar refractivity (Wildman–Crippen MR) is 128 cm³/mol. The maximum absolute atomic E-state index is 12.6. The van der Waals surface area contributed by atoms with E-state index in [-0.39, 0.29) is 11.8 Å². The van der Waals surface area contributed by atoms with E-state index >= 15 is 0 Å². The number of aryl methyl sites for hydroxylation is 1. The summed E-state index contributed by atoms with van der Waals surface area (Å²) in [6.45, 7) is 4.65. The average Bonchev–Trinajstić information content (AvgIpc) is 2.76. The van der Waals surface area contributed by atoms with Crippen LogP contribution in [0.15, 0.2) is 71.2 Å². The first-order valence-corrected chi connectivity index (χ1v) is 11.0. The van der Waals surface area contributed by atoms with Gasteiger partial charge in [-0.15, -0.1) is 0 Å². The largest absolute Gasteiger partial charge is 0.492 e. The van der Waals surface area contributed by atoms with Gasteiger partial charge in [-0.05, 0) is 83.4 Å². The number of carbonyl (C=O) groups excluding carboxylic acids is 2. The third kappa shape index (κ3) is 6.18. The standard InChI is InChI=1S/C25H25BrN2O3/c1-3-4-15-31-23-14-9-18(16-22(23)26)24(29)27-19-10-12-20(13-11-19)28-25(30)21-8-6-5-7-17(21)2/h5-14,16H,3-4,15H2,1-2H3,(H,27,29)(H,28,30). The van der Waals surface area contributed by atoms with Crippen LogP contribution >= 0.6 is 15.9 Å². The number of hydrogen-bond donors (Lipinski definition) is 2. The highest BCUT2D eigenvalue weighted by atomic mass is 79.9. The van der Waals surface area contributed by atoms with E-state index in [2.05, 4.69) is 33.5 Å². The monoisotopic (exact) mass is 480 g/mol. The van der Waals surface area contributed by atoms with E-state index in [9.17, 15) is 9.59 Å². The number of rotatable bonds is 8. The van der Waals surface area contributed by atoms with Crippen LogP contribution in [0.4, 0.5) is 11.4 Å². The molecule has 6 heteroatoms. The number of unbranched alkanes of at least 4 members (excludes halogenated alkanes) is 1. The highest BCUT2D eigenvalue weighted by Crippen LogP contribution is 2.27. The summed E-state index contributed by atoms with van der Waals surface area (Å²) in [6, 6.07) is 19.7. The SMILES string of the molecule is CCCCOc1ccc(C(=O)Nc2ccc(NC(=O)c3ccccc3C)cc2)cc1Br. The Morgan fingerprint density at radius 3 is 2.16 bits per heavy atom. The molecule has 5 nitrogen and oxygen atoms in total. The van der Waals surface area contributed by atoms with Crippen LogP contribution in [0.5, 0.6) is 5.75 Å². The Kier molecular flexibility index (Phi) is 7.84. The van der Waals surface area contributed by atoms with E-state index in [1.54, 1.807) is 48.5 Å². The lowest BCUT2D eigenvalue weighted by Gasteiger charge is -2.11. The van der Waals surface area contributed by atoms with Crippen molar-refractivity contribution in [2.24, 2.45) is 0 Å². The number of ether oxygens (including phenoxy) is 1. The first-order chi connectivity index (χ1) is 15.0. The zero-order chi connectivity index (χ0) is 22.2. The molecule has 0 radical (unpaired) electrons. The maximum Gasteiger partial charge on any atom is 0.255 e. The van der Waals surface area contributed by atoms with Crippen molar-refractivity contribution in [2.75, 3.05) is 17.2 Å². The van der Waals surface area contributed by atoms with E-state index < -0.39 is 0 Å². The Morgan fingerprint density at radius 1 is 0.903 bits per heavy atom. The third-order valence-corrected chi connectivity index (χ3v) is 5.36. The number of amides is 2. The lowest BCUT2D eigenvalue weighted by atomic mass is 10.1. The molecule has 0 aromatic heterocycles. The molecule has 0 saturated heterocycles. The molecule has 0 aliphatic rings. The molecule has 0 spiro atoms. The minimum atomic E-state index is -0.225. The summed E-state index contributed by atoms with van der Waals surface area (Å²) >= 11 is 3.46.